The first kappa shape index (κ1) is 18.1. The van der Waals surface area contributed by atoms with Crippen molar-refractivity contribution >= 4 is 17.6 Å². The maximum absolute atomic E-state index is 13.4. The molecule has 0 heterocycles. The number of carbonyl (C=O) groups is 1. The van der Waals surface area contributed by atoms with Crippen molar-refractivity contribution in [3.8, 4) is 5.75 Å². The Hall–Kier alpha value is -2.27. The van der Waals surface area contributed by atoms with Gasteiger partial charge in [0.1, 0.15) is 18.2 Å². The summed E-state index contributed by atoms with van der Waals surface area (Å²) in [4.78, 5) is 11.6. The molecule has 2 rings (SSSR count). The number of nitrogens with one attached hydrogen (secondary N) is 2. The van der Waals surface area contributed by atoms with E-state index in [-0.39, 0.29) is 11.8 Å². The molecule has 2 N–H and O–H groups in total. The SMILES string of the molecule is Cc1cc(OCCNC(=O)NCCc2ccccc2F)ccc1Cl. The Kier molecular flexibility index (Phi) is 6.88. The first-order valence-corrected chi connectivity index (χ1v) is 8.08. The molecule has 0 bridgehead atoms. The molecular weight excluding hydrogens is 331 g/mol. The molecule has 2 aromatic carbocycles. The van der Waals surface area contributed by atoms with Crippen LogP contribution in [-0.2, 0) is 6.42 Å². The van der Waals surface area contributed by atoms with Crippen LogP contribution in [0, 0.1) is 12.7 Å². The highest BCUT2D eigenvalue weighted by Crippen LogP contribution is 2.20. The van der Waals surface area contributed by atoms with Crippen LogP contribution < -0.4 is 15.4 Å². The second-order valence-corrected chi connectivity index (χ2v) is 5.69. The van der Waals surface area contributed by atoms with Crippen LogP contribution in [0.25, 0.3) is 0 Å². The Labute approximate surface area is 146 Å². The molecule has 0 spiro atoms. The number of hydrogen-bond acceptors (Lipinski definition) is 2. The predicted octanol–water partition coefficient (Wildman–Crippen LogP) is 3.71. The molecule has 0 unspecified atom stereocenters. The maximum Gasteiger partial charge on any atom is 0.314 e. The third-order valence-corrected chi connectivity index (χ3v) is 3.85. The van der Waals surface area contributed by atoms with Crippen LogP contribution in [0.1, 0.15) is 11.1 Å². The number of aryl methyl sites for hydroxylation is 1. The fourth-order valence-electron chi connectivity index (χ4n) is 2.11. The highest BCUT2D eigenvalue weighted by molar-refractivity contribution is 6.31. The first-order valence-electron chi connectivity index (χ1n) is 7.70. The molecule has 24 heavy (non-hydrogen) atoms. The van der Waals surface area contributed by atoms with Crippen LogP contribution in [0.2, 0.25) is 5.02 Å². The largest absolute Gasteiger partial charge is 0.492 e. The lowest BCUT2D eigenvalue weighted by atomic mass is 10.1. The number of hydrogen-bond donors (Lipinski definition) is 2. The summed E-state index contributed by atoms with van der Waals surface area (Å²) in [6, 6.07) is 11.6. The molecule has 0 aliphatic carbocycles. The topological polar surface area (TPSA) is 50.4 Å². The Morgan fingerprint density at radius 1 is 1.17 bits per heavy atom. The minimum absolute atomic E-state index is 0.258. The summed E-state index contributed by atoms with van der Waals surface area (Å²) in [7, 11) is 0. The first-order chi connectivity index (χ1) is 11.6. The van der Waals surface area contributed by atoms with E-state index in [9.17, 15) is 9.18 Å². The summed E-state index contributed by atoms with van der Waals surface area (Å²) in [6.45, 7) is 2.98. The lowest BCUT2D eigenvalue weighted by Gasteiger charge is -2.10. The minimum atomic E-state index is -0.303. The molecule has 0 aliphatic heterocycles. The van der Waals surface area contributed by atoms with Gasteiger partial charge in [-0.1, -0.05) is 29.8 Å². The van der Waals surface area contributed by atoms with Gasteiger partial charge in [-0.3, -0.25) is 0 Å². The smallest absolute Gasteiger partial charge is 0.314 e. The molecule has 2 amide bonds. The third kappa shape index (κ3) is 5.74. The molecule has 128 valence electrons. The molecule has 0 aliphatic rings. The van der Waals surface area contributed by atoms with Gasteiger partial charge in [-0.05, 0) is 48.7 Å². The number of rotatable bonds is 7. The van der Waals surface area contributed by atoms with E-state index >= 15 is 0 Å². The molecule has 6 heteroatoms. The van der Waals surface area contributed by atoms with Gasteiger partial charge in [0.25, 0.3) is 0 Å². The van der Waals surface area contributed by atoms with E-state index in [0.29, 0.717) is 42.5 Å². The number of urea groups is 1. The highest BCUT2D eigenvalue weighted by atomic mass is 35.5. The number of ether oxygens (including phenoxy) is 1. The van der Waals surface area contributed by atoms with Gasteiger partial charge in [-0.25, -0.2) is 9.18 Å². The van der Waals surface area contributed by atoms with Gasteiger partial charge in [-0.15, -0.1) is 0 Å². The average molecular weight is 351 g/mol. The fraction of sp³-hybridized carbons (Fsp3) is 0.278. The van der Waals surface area contributed by atoms with Gasteiger partial charge in [0.2, 0.25) is 0 Å². The van der Waals surface area contributed by atoms with Crippen LogP contribution in [-0.4, -0.2) is 25.7 Å². The van der Waals surface area contributed by atoms with Crippen molar-refractivity contribution in [3.63, 3.8) is 0 Å². The molecule has 0 saturated carbocycles. The van der Waals surface area contributed by atoms with Gasteiger partial charge >= 0.3 is 6.03 Å². The van der Waals surface area contributed by atoms with E-state index in [1.807, 2.05) is 13.0 Å². The summed E-state index contributed by atoms with van der Waals surface area (Å²) < 4.78 is 19.0. The average Bonchev–Trinajstić information content (AvgIpc) is 2.56. The van der Waals surface area contributed by atoms with Gasteiger partial charge in [0.15, 0.2) is 0 Å². The molecule has 0 fully saturated rings. The molecule has 0 radical (unpaired) electrons. The zero-order valence-electron chi connectivity index (χ0n) is 13.4. The van der Waals surface area contributed by atoms with Crippen molar-refractivity contribution < 1.29 is 13.9 Å². The van der Waals surface area contributed by atoms with Gasteiger partial charge in [-0.2, -0.15) is 0 Å². The van der Waals surface area contributed by atoms with Crippen molar-refractivity contribution in [1.82, 2.24) is 10.6 Å². The molecule has 0 aromatic heterocycles. The minimum Gasteiger partial charge on any atom is -0.492 e. The van der Waals surface area contributed by atoms with Crippen LogP contribution in [0.5, 0.6) is 5.75 Å². The standard InChI is InChI=1S/C18H20ClFN2O2/c1-13-12-15(6-7-16(13)19)24-11-10-22-18(23)21-9-8-14-4-2-3-5-17(14)20/h2-7,12H,8-11H2,1H3,(H2,21,22,23). The van der Waals surface area contributed by atoms with Gasteiger partial charge in [0.05, 0.1) is 6.54 Å². The normalized spacial score (nSPS) is 10.3. The van der Waals surface area contributed by atoms with Gasteiger partial charge < -0.3 is 15.4 Å². The quantitative estimate of drug-likeness (QED) is 0.748. The third-order valence-electron chi connectivity index (χ3n) is 3.42. The predicted molar refractivity (Wildman–Crippen MR) is 93.2 cm³/mol. The van der Waals surface area contributed by atoms with E-state index in [4.69, 9.17) is 16.3 Å². The van der Waals surface area contributed by atoms with E-state index in [2.05, 4.69) is 10.6 Å². The van der Waals surface area contributed by atoms with Crippen LogP contribution >= 0.6 is 11.6 Å². The second-order valence-electron chi connectivity index (χ2n) is 5.28. The molecule has 0 atom stereocenters. The van der Waals surface area contributed by atoms with Crippen molar-refractivity contribution in [2.45, 2.75) is 13.3 Å². The second kappa shape index (κ2) is 9.13. The zero-order valence-corrected chi connectivity index (χ0v) is 14.2. The Morgan fingerprint density at radius 3 is 2.67 bits per heavy atom. The maximum atomic E-state index is 13.4. The Morgan fingerprint density at radius 2 is 1.92 bits per heavy atom. The summed E-state index contributed by atoms with van der Waals surface area (Å²) >= 11 is 5.94. The molecule has 0 saturated heterocycles. The Bertz CT molecular complexity index is 694. The molecule has 2 aromatic rings. The van der Waals surface area contributed by atoms with E-state index in [1.54, 1.807) is 30.3 Å². The number of carbonyl (C=O) groups excluding carboxylic acids is 1. The van der Waals surface area contributed by atoms with Gasteiger partial charge in [0, 0.05) is 11.6 Å². The lowest BCUT2D eigenvalue weighted by Crippen LogP contribution is -2.38. The number of halogens is 2. The summed E-state index contributed by atoms with van der Waals surface area (Å²) in [6.07, 6.45) is 0.445. The zero-order chi connectivity index (χ0) is 17.4. The fourth-order valence-corrected chi connectivity index (χ4v) is 2.23. The number of benzene rings is 2. The van der Waals surface area contributed by atoms with Crippen molar-refractivity contribution in [3.05, 3.63) is 64.4 Å². The molecule has 4 nitrogen and oxygen atoms in total. The van der Waals surface area contributed by atoms with Crippen molar-refractivity contribution in [1.29, 1.82) is 0 Å². The van der Waals surface area contributed by atoms with Crippen LogP contribution in [0.3, 0.4) is 0 Å². The highest BCUT2D eigenvalue weighted by Gasteiger charge is 2.03. The summed E-state index contributed by atoms with van der Waals surface area (Å²) in [5.41, 5.74) is 1.52. The van der Waals surface area contributed by atoms with Crippen molar-refractivity contribution in [2.75, 3.05) is 19.7 Å². The van der Waals surface area contributed by atoms with Crippen LogP contribution in [0.15, 0.2) is 42.5 Å². The van der Waals surface area contributed by atoms with Crippen molar-refractivity contribution in [2.24, 2.45) is 0 Å². The Balaban J connectivity index is 1.61. The lowest BCUT2D eigenvalue weighted by molar-refractivity contribution is 0.236. The van der Waals surface area contributed by atoms with E-state index < -0.39 is 0 Å². The summed E-state index contributed by atoms with van der Waals surface area (Å²) in [5.74, 6) is 0.449. The molecular formula is C18H20ClFN2O2. The summed E-state index contributed by atoms with van der Waals surface area (Å²) in [5, 5.41) is 6.06. The van der Waals surface area contributed by atoms with E-state index in [0.717, 1.165) is 5.56 Å². The monoisotopic (exact) mass is 350 g/mol. The van der Waals surface area contributed by atoms with Crippen LogP contribution in [0.4, 0.5) is 9.18 Å². The number of amides is 2. The van der Waals surface area contributed by atoms with E-state index in [1.165, 1.54) is 6.07 Å².